The molecule has 4 rings (SSSR count). The third-order valence-corrected chi connectivity index (χ3v) is 14.2. The molecule has 7 amide bonds. The van der Waals surface area contributed by atoms with Crippen molar-refractivity contribution in [2.75, 3.05) is 41.4 Å². The summed E-state index contributed by atoms with van der Waals surface area (Å²) >= 11 is 0. The molecule has 2 aromatic rings. The van der Waals surface area contributed by atoms with Crippen molar-refractivity contribution in [2.45, 2.75) is 162 Å². The third-order valence-electron chi connectivity index (χ3n) is 14.2. The molecule has 5 N–H and O–H groups in total. The molecule has 19 nitrogen and oxygen atoms in total. The molecule has 8 unspecified atom stereocenters. The first-order chi connectivity index (χ1) is 33.2. The number of nitrogens with one attached hydrogen (secondary N) is 3. The highest BCUT2D eigenvalue weighted by Gasteiger charge is 2.44. The summed E-state index contributed by atoms with van der Waals surface area (Å²) in [5, 5.41) is 7.39. The number of likely N-dealkylation sites (N-methyl/N-ethyl adjacent to an activating group) is 2. The van der Waals surface area contributed by atoms with Crippen molar-refractivity contribution in [3.8, 4) is 0 Å². The quantitative estimate of drug-likeness (QED) is 0.0702. The molecule has 70 heavy (non-hydrogen) atoms. The van der Waals surface area contributed by atoms with E-state index in [1.807, 2.05) is 77.8 Å². The molecule has 2 saturated heterocycles. The SMILES string of the molecule is CCC(C)C(C(CC(=O)N1CCC[C@H]1C(OC)C(C)C(=O)NC(Cc1c[nH]c2ccccc12)C(N)=O)OC)N(C)C(=O)C(NC(=O)C(C(C)C)N(C)CCCCCC(=O)ON1C(=O)CCC1=O)C(C)C. The van der Waals surface area contributed by atoms with Crippen molar-refractivity contribution < 1.29 is 52.7 Å². The van der Waals surface area contributed by atoms with Gasteiger partial charge in [-0.15, -0.1) is 5.06 Å². The maximum atomic E-state index is 14.6. The van der Waals surface area contributed by atoms with Gasteiger partial charge in [-0.3, -0.25) is 38.5 Å². The second-order valence-corrected chi connectivity index (χ2v) is 19.9. The number of hydrogen-bond donors (Lipinski definition) is 4. The van der Waals surface area contributed by atoms with Gasteiger partial charge in [0, 0.05) is 70.6 Å². The zero-order chi connectivity index (χ0) is 52.0. The fourth-order valence-electron chi connectivity index (χ4n) is 10.1. The summed E-state index contributed by atoms with van der Waals surface area (Å²) in [6.07, 6.45) is 4.35. The standard InChI is InChI=1S/C51H80N8O11/c1-12-32(6)46(57(9)51(67)44(30(2)3)55-50(66)45(31(4)5)56(8)25-17-13-14-22-43(63)70-59-40(60)23-24-41(59)61)39(68-10)28-42(62)58-26-18-21-38(58)47(69-11)33(7)49(65)54-37(48(52)64)27-34-29-53-36-20-16-15-19-35(34)36/h15-16,19-20,29-33,37-39,44-47,53H,12-14,17-18,21-28H2,1-11H3,(H2,52,64)(H,54,65)(H,55,66)/t32?,33?,37?,38-,39?,44?,45?,46?,47?/m0/s1. The molecule has 2 aliphatic rings. The molecule has 9 atom stereocenters. The Hall–Kier alpha value is -5.40. The number of rotatable bonds is 28. The molecular formula is C51H80N8O11. The van der Waals surface area contributed by atoms with Crippen molar-refractivity contribution in [1.82, 2.24) is 35.4 Å². The minimum absolute atomic E-state index is 0.0297. The third kappa shape index (κ3) is 14.6. The Bertz CT molecular complexity index is 2110. The van der Waals surface area contributed by atoms with Gasteiger partial charge in [-0.2, -0.15) is 0 Å². The summed E-state index contributed by atoms with van der Waals surface area (Å²) in [6, 6.07) is 4.24. The molecule has 19 heteroatoms. The summed E-state index contributed by atoms with van der Waals surface area (Å²) in [5.41, 5.74) is 7.54. The van der Waals surface area contributed by atoms with E-state index in [1.54, 1.807) is 30.0 Å². The van der Waals surface area contributed by atoms with Gasteiger partial charge in [0.05, 0.1) is 42.7 Å². The van der Waals surface area contributed by atoms with Gasteiger partial charge in [0.2, 0.25) is 29.5 Å². The number of likely N-dealkylation sites (tertiary alicyclic amines) is 1. The minimum atomic E-state index is -0.978. The molecule has 0 spiro atoms. The highest BCUT2D eigenvalue weighted by molar-refractivity contribution is 6.01. The van der Waals surface area contributed by atoms with E-state index in [4.69, 9.17) is 20.0 Å². The number of nitrogens with two attached hydrogens (primary N) is 1. The summed E-state index contributed by atoms with van der Waals surface area (Å²) in [5.74, 6) is -4.87. The molecular weight excluding hydrogens is 901 g/mol. The van der Waals surface area contributed by atoms with Crippen LogP contribution < -0.4 is 16.4 Å². The van der Waals surface area contributed by atoms with Gasteiger partial charge >= 0.3 is 5.97 Å². The summed E-state index contributed by atoms with van der Waals surface area (Å²) in [4.78, 5) is 119. The molecule has 1 aromatic heterocycles. The van der Waals surface area contributed by atoms with Crippen LogP contribution in [0.4, 0.5) is 0 Å². The lowest BCUT2D eigenvalue weighted by atomic mass is 9.89. The zero-order valence-corrected chi connectivity index (χ0v) is 43.3. The number of aromatic amines is 1. The van der Waals surface area contributed by atoms with Crippen molar-refractivity contribution in [1.29, 1.82) is 0 Å². The number of hydroxylamine groups is 2. The van der Waals surface area contributed by atoms with E-state index < -0.39 is 77.9 Å². The van der Waals surface area contributed by atoms with Gasteiger partial charge < -0.3 is 45.5 Å². The van der Waals surface area contributed by atoms with Crippen LogP contribution >= 0.6 is 0 Å². The monoisotopic (exact) mass is 981 g/mol. The van der Waals surface area contributed by atoms with Crippen LogP contribution in [-0.4, -0.2) is 156 Å². The number of aromatic nitrogens is 1. The molecule has 1 aromatic carbocycles. The lowest BCUT2D eigenvalue weighted by Crippen LogP contribution is -2.60. The molecule has 0 bridgehead atoms. The highest BCUT2D eigenvalue weighted by atomic mass is 16.7. The van der Waals surface area contributed by atoms with Gasteiger partial charge in [0.1, 0.15) is 12.1 Å². The Morgan fingerprint density at radius 3 is 2.16 bits per heavy atom. The van der Waals surface area contributed by atoms with Gasteiger partial charge in [-0.1, -0.05) is 79.5 Å². The molecule has 390 valence electrons. The number of fused-ring (bicyclic) bond motifs is 1. The largest absolute Gasteiger partial charge is 0.379 e. The number of para-hydroxylation sites is 1. The molecule has 0 aliphatic carbocycles. The topological polar surface area (TPSA) is 243 Å². The van der Waals surface area contributed by atoms with Crippen LogP contribution in [0.1, 0.15) is 118 Å². The van der Waals surface area contributed by atoms with Gasteiger partial charge in [-0.25, -0.2) is 4.79 Å². The van der Waals surface area contributed by atoms with Crippen LogP contribution in [0.5, 0.6) is 0 Å². The zero-order valence-electron chi connectivity index (χ0n) is 43.3. The van der Waals surface area contributed by atoms with E-state index in [0.29, 0.717) is 56.7 Å². The summed E-state index contributed by atoms with van der Waals surface area (Å²) in [6.45, 7) is 14.3. The van der Waals surface area contributed by atoms with E-state index >= 15 is 0 Å². The van der Waals surface area contributed by atoms with Crippen LogP contribution in [0, 0.1) is 23.7 Å². The smallest absolute Gasteiger partial charge is 0.333 e. The maximum Gasteiger partial charge on any atom is 0.333 e. The van der Waals surface area contributed by atoms with E-state index in [-0.39, 0.29) is 67.6 Å². The first-order valence-corrected chi connectivity index (χ1v) is 25.0. The number of carbonyl (C=O) groups is 8. The lowest BCUT2D eigenvalue weighted by Gasteiger charge is -2.41. The number of methoxy groups -OCH3 is 2. The Kier molecular flexibility index (Phi) is 21.8. The average Bonchev–Trinajstić information content (AvgIpc) is 4.05. The molecule has 2 aliphatic heterocycles. The molecule has 0 radical (unpaired) electrons. The Balaban J connectivity index is 1.39. The number of ether oxygens (including phenoxy) is 2. The molecule has 3 heterocycles. The number of amides is 7. The highest BCUT2D eigenvalue weighted by Crippen LogP contribution is 2.30. The number of primary amides is 1. The lowest BCUT2D eigenvalue weighted by molar-refractivity contribution is -0.197. The number of benzene rings is 1. The number of H-pyrrole nitrogens is 1. The Morgan fingerprint density at radius 1 is 0.886 bits per heavy atom. The summed E-state index contributed by atoms with van der Waals surface area (Å²) in [7, 11) is 6.58. The first kappa shape index (κ1) is 57.2. The summed E-state index contributed by atoms with van der Waals surface area (Å²) < 4.78 is 12.0. The van der Waals surface area contributed by atoms with Gasteiger partial charge in [-0.05, 0) is 68.7 Å². The van der Waals surface area contributed by atoms with Gasteiger partial charge in [0.25, 0.3) is 11.8 Å². The van der Waals surface area contributed by atoms with E-state index in [9.17, 15) is 38.4 Å². The van der Waals surface area contributed by atoms with Crippen LogP contribution in [0.25, 0.3) is 10.9 Å². The maximum absolute atomic E-state index is 14.6. The van der Waals surface area contributed by atoms with Gasteiger partial charge in [0.15, 0.2) is 0 Å². The van der Waals surface area contributed by atoms with Crippen molar-refractivity contribution >= 4 is 58.2 Å². The first-order valence-electron chi connectivity index (χ1n) is 25.0. The number of unbranched alkanes of at least 4 members (excludes halogenated alkanes) is 2. The number of carbonyl (C=O) groups excluding carboxylic acids is 8. The average molecular weight is 981 g/mol. The second-order valence-electron chi connectivity index (χ2n) is 19.9. The van der Waals surface area contributed by atoms with Crippen LogP contribution in [-0.2, 0) is 59.1 Å². The Morgan fingerprint density at radius 2 is 1.56 bits per heavy atom. The fraction of sp³-hybridized carbons (Fsp3) is 0.686. The fourth-order valence-corrected chi connectivity index (χ4v) is 10.1. The molecule has 0 saturated carbocycles. The van der Waals surface area contributed by atoms with Crippen molar-refractivity contribution in [2.24, 2.45) is 29.4 Å². The number of hydrogen-bond acceptors (Lipinski definition) is 12. The predicted molar refractivity (Wildman–Crippen MR) is 263 cm³/mol. The second kappa shape index (κ2) is 26.7. The number of nitrogens with zero attached hydrogens (tertiary/aromatic N) is 4. The van der Waals surface area contributed by atoms with Crippen LogP contribution in [0.15, 0.2) is 30.5 Å². The Labute approximate surface area is 413 Å². The van der Waals surface area contributed by atoms with E-state index in [2.05, 4.69) is 15.6 Å². The van der Waals surface area contributed by atoms with Crippen molar-refractivity contribution in [3.63, 3.8) is 0 Å². The normalized spacial score (nSPS) is 18.7. The minimum Gasteiger partial charge on any atom is -0.379 e. The van der Waals surface area contributed by atoms with Crippen molar-refractivity contribution in [3.05, 3.63) is 36.0 Å². The van der Waals surface area contributed by atoms with E-state index in [1.165, 1.54) is 14.2 Å². The van der Waals surface area contributed by atoms with Crippen LogP contribution in [0.2, 0.25) is 0 Å². The molecule has 2 fully saturated rings. The predicted octanol–water partition coefficient (Wildman–Crippen LogP) is 3.87. The van der Waals surface area contributed by atoms with Crippen LogP contribution in [0.3, 0.4) is 0 Å². The van der Waals surface area contributed by atoms with E-state index in [0.717, 1.165) is 16.5 Å². The number of imide groups is 1.